The van der Waals surface area contributed by atoms with E-state index in [2.05, 4.69) is 20.4 Å². The van der Waals surface area contributed by atoms with Gasteiger partial charge in [-0.05, 0) is 80.2 Å². The van der Waals surface area contributed by atoms with Crippen LogP contribution in [0.1, 0.15) is 41.0 Å². The number of benzene rings is 2. The molecule has 3 N–H and O–H groups in total. The Morgan fingerprint density at radius 1 is 0.976 bits per heavy atom. The second kappa shape index (κ2) is 14.9. The molecule has 0 unspecified atom stereocenters. The van der Waals surface area contributed by atoms with Gasteiger partial charge < -0.3 is 20.1 Å². The number of rotatable bonds is 9. The summed E-state index contributed by atoms with van der Waals surface area (Å²) in [5.74, 6) is -2.94. The topological polar surface area (TPSA) is 146 Å². The van der Waals surface area contributed by atoms with E-state index in [0.717, 1.165) is 56.6 Å². The Morgan fingerprint density at radius 2 is 1.57 bits per heavy atom. The smallest absolute Gasteiger partial charge is 0.416 e. The fourth-order valence-electron chi connectivity index (χ4n) is 4.13. The summed E-state index contributed by atoms with van der Waals surface area (Å²) in [6, 6.07) is 10.8. The second-order valence-electron chi connectivity index (χ2n) is 9.40. The number of aliphatic carboxylic acids is 2. The summed E-state index contributed by atoms with van der Waals surface area (Å²) >= 11 is 0. The van der Waals surface area contributed by atoms with Crippen LogP contribution in [0, 0.1) is 11.7 Å². The molecular formula is C28H28F4N4O6. The molecule has 0 aliphatic carbocycles. The lowest BCUT2D eigenvalue weighted by Crippen LogP contribution is -2.35. The van der Waals surface area contributed by atoms with Gasteiger partial charge in [-0.25, -0.2) is 14.0 Å². The predicted molar refractivity (Wildman–Crippen MR) is 140 cm³/mol. The number of hydrogen-bond acceptors (Lipinski definition) is 7. The number of nitrogens with zero attached hydrogens (tertiary/aromatic N) is 3. The maximum atomic E-state index is 13.0. The van der Waals surface area contributed by atoms with Crippen LogP contribution in [0.25, 0.3) is 11.5 Å². The van der Waals surface area contributed by atoms with Crippen molar-refractivity contribution in [3.8, 4) is 11.5 Å². The number of piperidine rings is 1. The molecule has 1 aliphatic rings. The van der Waals surface area contributed by atoms with Crippen molar-refractivity contribution in [1.29, 1.82) is 0 Å². The van der Waals surface area contributed by atoms with Gasteiger partial charge in [-0.1, -0.05) is 17.3 Å². The van der Waals surface area contributed by atoms with Gasteiger partial charge in [0.05, 0.1) is 5.56 Å². The highest BCUT2D eigenvalue weighted by Crippen LogP contribution is 2.30. The van der Waals surface area contributed by atoms with Crippen LogP contribution in [0.4, 0.5) is 17.6 Å². The Bertz CT molecular complexity index is 1350. The van der Waals surface area contributed by atoms with E-state index in [9.17, 15) is 31.9 Å². The number of amides is 1. The fourth-order valence-corrected chi connectivity index (χ4v) is 4.13. The predicted octanol–water partition coefficient (Wildman–Crippen LogP) is 4.64. The first-order chi connectivity index (χ1) is 19.9. The van der Waals surface area contributed by atoms with Crippen molar-refractivity contribution in [3.63, 3.8) is 0 Å². The van der Waals surface area contributed by atoms with Gasteiger partial charge in [0.1, 0.15) is 5.82 Å². The van der Waals surface area contributed by atoms with Crippen molar-refractivity contribution in [2.45, 2.75) is 32.0 Å². The molecule has 14 heteroatoms. The van der Waals surface area contributed by atoms with Crippen LogP contribution in [0.5, 0.6) is 0 Å². The lowest BCUT2D eigenvalue weighted by Gasteiger charge is -2.32. The minimum Gasteiger partial charge on any atom is -0.478 e. The van der Waals surface area contributed by atoms with Gasteiger partial charge in [-0.15, -0.1) is 0 Å². The number of carbonyl (C=O) groups excluding carboxylic acids is 1. The molecule has 2 aromatic carbocycles. The molecule has 0 spiro atoms. The molecule has 42 heavy (non-hydrogen) atoms. The number of carbonyl (C=O) groups is 3. The third kappa shape index (κ3) is 10.4. The van der Waals surface area contributed by atoms with E-state index in [0.29, 0.717) is 30.2 Å². The summed E-state index contributed by atoms with van der Waals surface area (Å²) in [7, 11) is 0. The lowest BCUT2D eigenvalue weighted by atomic mass is 9.93. The minimum atomic E-state index is -4.43. The average Bonchev–Trinajstić information content (AvgIpc) is 3.45. The van der Waals surface area contributed by atoms with Crippen LogP contribution in [-0.4, -0.2) is 62.7 Å². The summed E-state index contributed by atoms with van der Waals surface area (Å²) in [4.78, 5) is 37.8. The summed E-state index contributed by atoms with van der Waals surface area (Å²) in [5, 5.41) is 22.0. The Morgan fingerprint density at radius 3 is 2.12 bits per heavy atom. The molecule has 2 heterocycles. The summed E-state index contributed by atoms with van der Waals surface area (Å²) in [6.07, 6.45) is -0.475. The maximum Gasteiger partial charge on any atom is 0.416 e. The number of hydrogen-bond donors (Lipinski definition) is 3. The quantitative estimate of drug-likeness (QED) is 0.239. The van der Waals surface area contributed by atoms with Crippen molar-refractivity contribution in [3.05, 3.63) is 83.5 Å². The van der Waals surface area contributed by atoms with Crippen molar-refractivity contribution in [2.75, 3.05) is 19.6 Å². The molecule has 1 saturated heterocycles. The van der Waals surface area contributed by atoms with Crippen LogP contribution in [0.2, 0.25) is 0 Å². The second-order valence-corrected chi connectivity index (χ2v) is 9.40. The first kappa shape index (κ1) is 31.9. The van der Waals surface area contributed by atoms with E-state index in [4.69, 9.17) is 14.7 Å². The molecule has 1 amide bonds. The monoisotopic (exact) mass is 592 g/mol. The van der Waals surface area contributed by atoms with E-state index in [1.165, 1.54) is 24.3 Å². The molecule has 0 atom stereocenters. The molecular weight excluding hydrogens is 564 g/mol. The molecule has 0 radical (unpaired) electrons. The van der Waals surface area contributed by atoms with E-state index < -0.39 is 29.6 Å². The summed E-state index contributed by atoms with van der Waals surface area (Å²) in [6.45, 7) is 3.14. The zero-order valence-electron chi connectivity index (χ0n) is 22.2. The van der Waals surface area contributed by atoms with Crippen molar-refractivity contribution < 1.29 is 46.7 Å². The van der Waals surface area contributed by atoms with E-state index in [-0.39, 0.29) is 17.5 Å². The number of carboxylic acid groups (broad SMARTS) is 2. The first-order valence-corrected chi connectivity index (χ1v) is 12.8. The fraction of sp³-hybridized carbons (Fsp3) is 0.321. The van der Waals surface area contributed by atoms with Gasteiger partial charge in [0.15, 0.2) is 0 Å². The summed E-state index contributed by atoms with van der Waals surface area (Å²) in [5.41, 5.74) is 0.602. The van der Waals surface area contributed by atoms with Crippen LogP contribution >= 0.6 is 0 Å². The van der Waals surface area contributed by atoms with Gasteiger partial charge in [0, 0.05) is 30.8 Å². The zero-order valence-corrected chi connectivity index (χ0v) is 22.2. The third-order valence-corrected chi connectivity index (χ3v) is 6.32. The molecule has 1 aromatic heterocycles. The molecule has 4 rings (SSSR count). The van der Waals surface area contributed by atoms with E-state index in [1.54, 1.807) is 12.1 Å². The van der Waals surface area contributed by atoms with Crippen LogP contribution < -0.4 is 5.32 Å². The number of carboxylic acids is 2. The highest BCUT2D eigenvalue weighted by atomic mass is 19.4. The van der Waals surface area contributed by atoms with Crippen molar-refractivity contribution in [1.82, 2.24) is 20.4 Å². The molecule has 10 nitrogen and oxygen atoms in total. The Labute approximate surface area is 237 Å². The van der Waals surface area contributed by atoms with E-state index >= 15 is 0 Å². The highest BCUT2D eigenvalue weighted by molar-refractivity contribution is 5.90. The summed E-state index contributed by atoms with van der Waals surface area (Å²) < 4.78 is 56.1. The molecule has 224 valence electrons. The van der Waals surface area contributed by atoms with Crippen LogP contribution in [-0.2, 0) is 22.3 Å². The maximum absolute atomic E-state index is 13.0. The van der Waals surface area contributed by atoms with Crippen LogP contribution in [0.3, 0.4) is 0 Å². The normalized spacial score (nSPS) is 14.3. The minimum absolute atomic E-state index is 0.0209. The first-order valence-electron chi connectivity index (χ1n) is 12.8. The molecule has 1 fully saturated rings. The molecule has 0 bridgehead atoms. The van der Waals surface area contributed by atoms with Crippen molar-refractivity contribution >= 4 is 17.8 Å². The van der Waals surface area contributed by atoms with Gasteiger partial charge in [-0.2, -0.15) is 18.2 Å². The van der Waals surface area contributed by atoms with Crippen LogP contribution in [0.15, 0.2) is 65.2 Å². The molecule has 1 aliphatic heterocycles. The van der Waals surface area contributed by atoms with Gasteiger partial charge >= 0.3 is 18.1 Å². The Hall–Kier alpha value is -4.59. The highest BCUT2D eigenvalue weighted by Gasteiger charge is 2.30. The lowest BCUT2D eigenvalue weighted by molar-refractivity contribution is -0.137. The number of nitrogens with one attached hydrogen (secondary N) is 1. The van der Waals surface area contributed by atoms with Gasteiger partial charge in [0.25, 0.3) is 17.6 Å². The number of alkyl halides is 3. The zero-order chi connectivity index (χ0) is 30.7. The van der Waals surface area contributed by atoms with Crippen molar-refractivity contribution in [2.24, 2.45) is 5.92 Å². The molecule has 3 aromatic rings. The Kier molecular flexibility index (Phi) is 11.3. The average molecular weight is 593 g/mol. The van der Waals surface area contributed by atoms with E-state index in [1.807, 2.05) is 0 Å². The SMILES string of the molecule is O=C(NCCC1CCN(Cc2ccc(F)cc2)CC1)c1noc(-c2ccc(C(F)(F)F)cc2)n1.O=C(O)/C=C/C(=O)O. The third-order valence-electron chi connectivity index (χ3n) is 6.32. The standard InChI is InChI=1S/C24H24F4N4O2.C4H4O4/c25-20-7-1-17(2-8-20)15-32-13-10-16(11-14-32)9-12-29-22(33)21-30-23(34-31-21)18-3-5-19(6-4-18)24(26,27)28;5-3(6)1-2-4(7)8/h1-8,16H,9-15H2,(H,29,33);1-2H,(H,5,6)(H,7,8)/b;2-1+. The van der Waals surface area contributed by atoms with Gasteiger partial charge in [-0.3, -0.25) is 9.69 Å². The van der Waals surface area contributed by atoms with Gasteiger partial charge in [0.2, 0.25) is 0 Å². The number of halogens is 4. The molecule has 0 saturated carbocycles. The largest absolute Gasteiger partial charge is 0.478 e. The number of aromatic nitrogens is 2. The Balaban J connectivity index is 0.000000531. The number of likely N-dealkylation sites (tertiary alicyclic amines) is 1.